The maximum absolute atomic E-state index is 12.0. The van der Waals surface area contributed by atoms with Crippen molar-refractivity contribution in [3.8, 4) is 0 Å². The average Bonchev–Trinajstić information content (AvgIpc) is 2.50. The molecule has 0 aliphatic heterocycles. The van der Waals surface area contributed by atoms with E-state index >= 15 is 0 Å². The van der Waals surface area contributed by atoms with Crippen LogP contribution in [0, 0.1) is 0 Å². The molecule has 0 aliphatic carbocycles. The molecule has 0 atom stereocenters. The van der Waals surface area contributed by atoms with Crippen LogP contribution in [0.4, 0.5) is 0 Å². The van der Waals surface area contributed by atoms with Crippen molar-refractivity contribution in [2.45, 2.75) is 25.7 Å². The van der Waals surface area contributed by atoms with E-state index in [2.05, 4.69) is 31.2 Å². The summed E-state index contributed by atoms with van der Waals surface area (Å²) in [4.78, 5) is 20.4. The SMILES string of the molecule is O=C(NCCCCCCBr)c1ccc2nccnc2c1. The standard InChI is InChI=1S/C15H18BrN3O/c16-7-3-1-2-4-8-19-15(20)12-5-6-13-14(11-12)18-10-9-17-13/h5-6,9-11H,1-4,7-8H2,(H,19,20). The van der Waals surface area contributed by atoms with Crippen molar-refractivity contribution in [1.82, 2.24) is 15.3 Å². The number of nitrogens with one attached hydrogen (secondary N) is 1. The van der Waals surface area contributed by atoms with Crippen molar-refractivity contribution in [3.05, 3.63) is 36.2 Å². The van der Waals surface area contributed by atoms with Crippen LogP contribution in [-0.2, 0) is 0 Å². The molecule has 4 nitrogen and oxygen atoms in total. The lowest BCUT2D eigenvalue weighted by atomic mass is 10.1. The molecule has 5 heteroatoms. The third-order valence-electron chi connectivity index (χ3n) is 3.08. The van der Waals surface area contributed by atoms with Gasteiger partial charge in [0.2, 0.25) is 0 Å². The number of amides is 1. The van der Waals surface area contributed by atoms with Gasteiger partial charge in [-0.15, -0.1) is 0 Å². The number of rotatable bonds is 7. The van der Waals surface area contributed by atoms with E-state index in [0.717, 1.165) is 35.7 Å². The molecule has 0 saturated carbocycles. The van der Waals surface area contributed by atoms with E-state index in [4.69, 9.17) is 0 Å². The van der Waals surface area contributed by atoms with Crippen LogP contribution in [0.25, 0.3) is 11.0 Å². The molecule has 2 aromatic rings. The van der Waals surface area contributed by atoms with Gasteiger partial charge in [0, 0.05) is 29.8 Å². The van der Waals surface area contributed by atoms with Crippen molar-refractivity contribution in [2.75, 3.05) is 11.9 Å². The van der Waals surface area contributed by atoms with Gasteiger partial charge in [0.25, 0.3) is 5.91 Å². The molecule has 1 N–H and O–H groups in total. The maximum Gasteiger partial charge on any atom is 0.251 e. The Labute approximate surface area is 127 Å². The van der Waals surface area contributed by atoms with Gasteiger partial charge in [-0.1, -0.05) is 28.8 Å². The third-order valence-corrected chi connectivity index (χ3v) is 3.64. The zero-order valence-electron chi connectivity index (χ0n) is 11.3. The highest BCUT2D eigenvalue weighted by Gasteiger charge is 2.06. The molecule has 1 aromatic heterocycles. The predicted molar refractivity (Wildman–Crippen MR) is 84.1 cm³/mol. The summed E-state index contributed by atoms with van der Waals surface area (Å²) < 4.78 is 0. The molecule has 2 rings (SSSR count). The summed E-state index contributed by atoms with van der Waals surface area (Å²) in [6, 6.07) is 5.40. The number of nitrogens with zero attached hydrogens (tertiary/aromatic N) is 2. The van der Waals surface area contributed by atoms with Crippen molar-refractivity contribution >= 4 is 32.9 Å². The zero-order valence-corrected chi connectivity index (χ0v) is 12.9. The fourth-order valence-electron chi connectivity index (χ4n) is 1.98. The molecule has 20 heavy (non-hydrogen) atoms. The summed E-state index contributed by atoms with van der Waals surface area (Å²) in [6.45, 7) is 0.722. The first-order chi connectivity index (χ1) is 9.81. The summed E-state index contributed by atoms with van der Waals surface area (Å²) in [5.74, 6) is -0.0435. The number of unbranched alkanes of at least 4 members (excludes halogenated alkanes) is 3. The maximum atomic E-state index is 12.0. The van der Waals surface area contributed by atoms with Crippen molar-refractivity contribution in [1.29, 1.82) is 0 Å². The molecule has 0 aliphatic rings. The van der Waals surface area contributed by atoms with E-state index in [1.165, 1.54) is 12.8 Å². The van der Waals surface area contributed by atoms with E-state index in [0.29, 0.717) is 5.56 Å². The Bertz CT molecular complexity index is 574. The third kappa shape index (κ3) is 4.27. The second-order valence-corrected chi connectivity index (χ2v) is 5.41. The van der Waals surface area contributed by atoms with Gasteiger partial charge in [0.05, 0.1) is 11.0 Å². The first kappa shape index (κ1) is 14.9. The molecule has 1 heterocycles. The topological polar surface area (TPSA) is 54.9 Å². The number of alkyl halides is 1. The van der Waals surface area contributed by atoms with E-state index in [1.54, 1.807) is 24.5 Å². The predicted octanol–water partition coefficient (Wildman–Crippen LogP) is 3.31. The van der Waals surface area contributed by atoms with E-state index in [9.17, 15) is 4.79 Å². The number of benzene rings is 1. The van der Waals surface area contributed by atoms with Crippen LogP contribution in [0.1, 0.15) is 36.0 Å². The van der Waals surface area contributed by atoms with Gasteiger partial charge in [-0.25, -0.2) is 0 Å². The van der Waals surface area contributed by atoms with Gasteiger partial charge in [-0.2, -0.15) is 0 Å². The summed E-state index contributed by atoms with van der Waals surface area (Å²) in [7, 11) is 0. The molecule has 0 radical (unpaired) electrons. The Morgan fingerprint density at radius 3 is 2.60 bits per heavy atom. The van der Waals surface area contributed by atoms with E-state index < -0.39 is 0 Å². The van der Waals surface area contributed by atoms with Crippen molar-refractivity contribution in [2.24, 2.45) is 0 Å². The van der Waals surface area contributed by atoms with Crippen LogP contribution in [0.15, 0.2) is 30.6 Å². The van der Waals surface area contributed by atoms with Gasteiger partial charge >= 0.3 is 0 Å². The number of carbonyl (C=O) groups excluding carboxylic acids is 1. The molecule has 1 amide bonds. The Morgan fingerprint density at radius 1 is 1.05 bits per heavy atom. The molecular weight excluding hydrogens is 318 g/mol. The number of aromatic nitrogens is 2. The molecular formula is C15H18BrN3O. The first-order valence-corrected chi connectivity index (χ1v) is 7.98. The number of hydrogen-bond donors (Lipinski definition) is 1. The lowest BCUT2D eigenvalue weighted by Crippen LogP contribution is -2.24. The summed E-state index contributed by atoms with van der Waals surface area (Å²) >= 11 is 3.41. The fraction of sp³-hybridized carbons (Fsp3) is 0.400. The smallest absolute Gasteiger partial charge is 0.251 e. The van der Waals surface area contributed by atoms with Gasteiger partial charge in [0.15, 0.2) is 0 Å². The first-order valence-electron chi connectivity index (χ1n) is 6.86. The highest BCUT2D eigenvalue weighted by atomic mass is 79.9. The van der Waals surface area contributed by atoms with Gasteiger partial charge < -0.3 is 5.32 Å². The molecule has 0 unspecified atom stereocenters. The lowest BCUT2D eigenvalue weighted by Gasteiger charge is -2.05. The van der Waals surface area contributed by atoms with Crippen LogP contribution in [0.2, 0.25) is 0 Å². The van der Waals surface area contributed by atoms with Crippen molar-refractivity contribution < 1.29 is 4.79 Å². The molecule has 0 saturated heterocycles. The van der Waals surface area contributed by atoms with Gasteiger partial charge in [-0.05, 0) is 31.0 Å². The monoisotopic (exact) mass is 335 g/mol. The van der Waals surface area contributed by atoms with Crippen LogP contribution < -0.4 is 5.32 Å². The highest BCUT2D eigenvalue weighted by molar-refractivity contribution is 9.09. The van der Waals surface area contributed by atoms with Gasteiger partial charge in [-0.3, -0.25) is 14.8 Å². The molecule has 106 valence electrons. The Kier molecular flexibility index (Phi) is 5.92. The second kappa shape index (κ2) is 7.94. The fourth-order valence-corrected chi connectivity index (χ4v) is 2.38. The van der Waals surface area contributed by atoms with E-state index in [1.807, 2.05) is 6.07 Å². The van der Waals surface area contributed by atoms with Gasteiger partial charge in [0.1, 0.15) is 0 Å². The minimum Gasteiger partial charge on any atom is -0.352 e. The Hall–Kier alpha value is -1.49. The Balaban J connectivity index is 1.84. The average molecular weight is 336 g/mol. The van der Waals surface area contributed by atoms with Crippen LogP contribution in [-0.4, -0.2) is 27.7 Å². The van der Waals surface area contributed by atoms with Crippen LogP contribution in [0.5, 0.6) is 0 Å². The molecule has 0 bridgehead atoms. The van der Waals surface area contributed by atoms with E-state index in [-0.39, 0.29) is 5.91 Å². The number of carbonyl (C=O) groups is 1. The summed E-state index contributed by atoms with van der Waals surface area (Å²) in [5, 5.41) is 3.99. The minimum atomic E-state index is -0.0435. The normalized spacial score (nSPS) is 10.7. The Morgan fingerprint density at radius 2 is 1.80 bits per heavy atom. The molecule has 1 aromatic carbocycles. The number of hydrogen-bond acceptors (Lipinski definition) is 3. The summed E-state index contributed by atoms with van der Waals surface area (Å²) in [5.41, 5.74) is 2.19. The zero-order chi connectivity index (χ0) is 14.2. The molecule has 0 fully saturated rings. The highest BCUT2D eigenvalue weighted by Crippen LogP contribution is 2.10. The number of halogens is 1. The minimum absolute atomic E-state index is 0.0435. The van der Waals surface area contributed by atoms with Crippen LogP contribution >= 0.6 is 15.9 Å². The van der Waals surface area contributed by atoms with Crippen LogP contribution in [0.3, 0.4) is 0 Å². The second-order valence-electron chi connectivity index (χ2n) is 4.62. The lowest BCUT2D eigenvalue weighted by molar-refractivity contribution is 0.0953. The van der Waals surface area contributed by atoms with Crippen molar-refractivity contribution in [3.63, 3.8) is 0 Å². The quantitative estimate of drug-likeness (QED) is 0.623. The molecule has 0 spiro atoms. The number of fused-ring (bicyclic) bond motifs is 1. The largest absolute Gasteiger partial charge is 0.352 e. The summed E-state index contributed by atoms with van der Waals surface area (Å²) in [6.07, 6.45) is 7.84.